The van der Waals surface area contributed by atoms with Gasteiger partial charge in [-0.3, -0.25) is 4.79 Å². The third-order valence-electron chi connectivity index (χ3n) is 4.42. The third-order valence-corrected chi connectivity index (χ3v) is 4.42. The lowest BCUT2D eigenvalue weighted by Gasteiger charge is -2.33. The van der Waals surface area contributed by atoms with Crippen LogP contribution >= 0.6 is 0 Å². The molecule has 2 aromatic carbocycles. The Hall–Kier alpha value is -3.13. The highest BCUT2D eigenvalue weighted by molar-refractivity contribution is 6.06. The fraction of sp³-hybridized carbons (Fsp3) is 0.316. The van der Waals surface area contributed by atoms with Crippen molar-refractivity contribution in [1.82, 2.24) is 0 Å². The van der Waals surface area contributed by atoms with Crippen molar-refractivity contribution < 1.29 is 38.7 Å². The molecule has 0 unspecified atom stereocenters. The lowest BCUT2D eigenvalue weighted by atomic mass is 9.92. The zero-order valence-corrected chi connectivity index (χ0v) is 15.3. The molecule has 0 aliphatic carbocycles. The number of ketones is 1. The molecule has 1 aliphatic rings. The minimum absolute atomic E-state index is 0.0936. The van der Waals surface area contributed by atoms with E-state index >= 15 is 0 Å². The van der Waals surface area contributed by atoms with Crippen LogP contribution in [0, 0.1) is 0 Å². The minimum Gasteiger partial charge on any atom is -0.507 e. The zero-order chi connectivity index (χ0) is 19.7. The summed E-state index contributed by atoms with van der Waals surface area (Å²) < 4.78 is 26.8. The average molecular weight is 376 g/mol. The van der Waals surface area contributed by atoms with Gasteiger partial charge in [0, 0.05) is 30.9 Å². The zero-order valence-electron chi connectivity index (χ0n) is 15.3. The fourth-order valence-electron chi connectivity index (χ4n) is 3.08. The summed E-state index contributed by atoms with van der Waals surface area (Å²) in [7, 11) is 5.64. The maximum Gasteiger partial charge on any atom is 0.203 e. The Bertz CT molecular complexity index is 876. The Balaban J connectivity index is 2.15. The van der Waals surface area contributed by atoms with Gasteiger partial charge in [-0.15, -0.1) is 0 Å². The quantitative estimate of drug-likeness (QED) is 0.767. The van der Waals surface area contributed by atoms with Crippen LogP contribution in [0.2, 0.25) is 0 Å². The van der Waals surface area contributed by atoms with E-state index in [4.69, 9.17) is 23.7 Å². The van der Waals surface area contributed by atoms with Gasteiger partial charge in [-0.05, 0) is 6.07 Å². The van der Waals surface area contributed by atoms with Crippen molar-refractivity contribution in [3.63, 3.8) is 0 Å². The molecule has 1 aliphatic heterocycles. The molecule has 8 heteroatoms. The summed E-state index contributed by atoms with van der Waals surface area (Å²) in [5.74, 6) is 0.262. The summed E-state index contributed by atoms with van der Waals surface area (Å²) in [6.07, 6.45) is -2.05. The smallest absolute Gasteiger partial charge is 0.203 e. The van der Waals surface area contributed by atoms with E-state index < -0.39 is 12.2 Å². The van der Waals surface area contributed by atoms with Crippen LogP contribution in [-0.4, -0.2) is 50.5 Å². The number of hydrogen-bond donors (Lipinski definition) is 2. The molecule has 2 aromatic rings. The molecule has 8 nitrogen and oxygen atoms in total. The van der Waals surface area contributed by atoms with Crippen molar-refractivity contribution in [3.8, 4) is 34.5 Å². The molecule has 0 fully saturated rings. The summed E-state index contributed by atoms with van der Waals surface area (Å²) in [6, 6.07) is 5.65. The highest BCUT2D eigenvalue weighted by Crippen LogP contribution is 2.46. The topological polar surface area (TPSA) is 104 Å². The number of Topliss-reactive ketones (excluding diaryl/α,β-unsaturated/α-hetero) is 1. The molecule has 27 heavy (non-hydrogen) atoms. The van der Waals surface area contributed by atoms with Crippen molar-refractivity contribution in [2.75, 3.05) is 28.4 Å². The van der Waals surface area contributed by atoms with Gasteiger partial charge in [0.2, 0.25) is 5.78 Å². The van der Waals surface area contributed by atoms with Crippen LogP contribution in [0.4, 0.5) is 0 Å². The summed E-state index contributed by atoms with van der Waals surface area (Å²) in [5, 5.41) is 20.4. The first-order chi connectivity index (χ1) is 12.9. The second kappa shape index (κ2) is 7.24. The molecule has 2 atom stereocenters. The molecule has 0 amide bonds. The highest BCUT2D eigenvalue weighted by atomic mass is 16.5. The van der Waals surface area contributed by atoms with Gasteiger partial charge in [-0.1, -0.05) is 0 Å². The molecule has 0 spiro atoms. The van der Waals surface area contributed by atoms with Crippen molar-refractivity contribution >= 4 is 5.78 Å². The third kappa shape index (κ3) is 3.08. The summed E-state index contributed by atoms with van der Waals surface area (Å²) in [5.41, 5.74) is 0.402. The van der Waals surface area contributed by atoms with Crippen LogP contribution < -0.4 is 18.9 Å². The van der Waals surface area contributed by atoms with Gasteiger partial charge >= 0.3 is 0 Å². The van der Waals surface area contributed by atoms with Gasteiger partial charge < -0.3 is 33.9 Å². The molecule has 0 bridgehead atoms. The first-order valence-corrected chi connectivity index (χ1v) is 8.04. The van der Waals surface area contributed by atoms with Crippen molar-refractivity contribution in [2.24, 2.45) is 0 Å². The van der Waals surface area contributed by atoms with Crippen molar-refractivity contribution in [3.05, 3.63) is 35.4 Å². The number of phenolic OH excluding ortho intramolecular Hbond substituents is 2. The van der Waals surface area contributed by atoms with Crippen molar-refractivity contribution in [1.29, 1.82) is 0 Å². The molecular weight excluding hydrogens is 356 g/mol. The van der Waals surface area contributed by atoms with E-state index in [0.29, 0.717) is 5.75 Å². The first-order valence-electron chi connectivity index (χ1n) is 8.04. The van der Waals surface area contributed by atoms with E-state index in [1.807, 2.05) is 0 Å². The number of methoxy groups -OCH3 is 4. The normalized spacial score (nSPS) is 18.4. The van der Waals surface area contributed by atoms with E-state index in [9.17, 15) is 15.0 Å². The van der Waals surface area contributed by atoms with Gasteiger partial charge in [0.25, 0.3) is 0 Å². The second-order valence-electron chi connectivity index (χ2n) is 5.84. The Kier molecular flexibility index (Phi) is 5.00. The number of hydrogen-bond acceptors (Lipinski definition) is 8. The van der Waals surface area contributed by atoms with Crippen LogP contribution in [0.5, 0.6) is 34.5 Å². The molecule has 0 saturated heterocycles. The lowest BCUT2D eigenvalue weighted by molar-refractivity contribution is -0.00188. The van der Waals surface area contributed by atoms with Gasteiger partial charge in [-0.2, -0.15) is 0 Å². The summed E-state index contributed by atoms with van der Waals surface area (Å²) >= 11 is 0. The molecule has 1 heterocycles. The Labute approximate surface area is 155 Å². The van der Waals surface area contributed by atoms with E-state index in [1.165, 1.54) is 40.6 Å². The summed E-state index contributed by atoms with van der Waals surface area (Å²) in [4.78, 5) is 13.0. The van der Waals surface area contributed by atoms with Crippen LogP contribution in [0.15, 0.2) is 24.3 Å². The van der Waals surface area contributed by atoms with E-state index in [1.54, 1.807) is 12.1 Å². The van der Waals surface area contributed by atoms with Gasteiger partial charge in [0.05, 0.1) is 21.3 Å². The van der Waals surface area contributed by atoms with Crippen LogP contribution in [0.3, 0.4) is 0 Å². The monoisotopic (exact) mass is 376 g/mol. The maximum atomic E-state index is 13.0. The Morgan fingerprint density at radius 3 is 2.19 bits per heavy atom. The number of phenols is 2. The molecular formula is C19H20O8. The number of ether oxygens (including phenoxy) is 5. The number of benzene rings is 2. The summed E-state index contributed by atoms with van der Waals surface area (Å²) in [6.45, 7) is 0. The number of rotatable bonds is 5. The van der Waals surface area contributed by atoms with Gasteiger partial charge in [0.15, 0.2) is 23.7 Å². The molecule has 3 rings (SSSR count). The second-order valence-corrected chi connectivity index (χ2v) is 5.84. The largest absolute Gasteiger partial charge is 0.507 e. The van der Waals surface area contributed by atoms with Gasteiger partial charge in [-0.25, -0.2) is 0 Å². The van der Waals surface area contributed by atoms with Crippen molar-refractivity contribution in [2.45, 2.75) is 12.2 Å². The molecule has 2 N–H and O–H groups in total. The maximum absolute atomic E-state index is 13.0. The molecule has 0 saturated carbocycles. The lowest BCUT2D eigenvalue weighted by Crippen LogP contribution is -2.38. The number of carbonyl (C=O) groups is 1. The Morgan fingerprint density at radius 2 is 1.59 bits per heavy atom. The van der Waals surface area contributed by atoms with E-state index in [2.05, 4.69) is 0 Å². The standard InChI is InChI=1S/C19H20O8/c1-23-9-5-14(25-3)16-15(6-9)27-18(19(26-4)17(16)22)10-7-12(21)13(24-2)8-11(10)20/h5-8,18-21H,1-4H3/t18-,19+/m1/s1. The predicted molar refractivity (Wildman–Crippen MR) is 94.4 cm³/mol. The SMILES string of the molecule is COc1cc(OC)c2c(c1)O[C@H](c1cc(O)c(OC)cc1O)[C@@H](OC)C2=O. The van der Waals surface area contributed by atoms with E-state index in [0.717, 1.165) is 0 Å². The van der Waals surface area contributed by atoms with Crippen LogP contribution in [0.1, 0.15) is 22.0 Å². The van der Waals surface area contributed by atoms with Crippen LogP contribution in [0.25, 0.3) is 0 Å². The average Bonchev–Trinajstić information content (AvgIpc) is 2.68. The predicted octanol–water partition coefficient (Wildman–Crippen LogP) is 2.46. The van der Waals surface area contributed by atoms with Gasteiger partial charge in [0.1, 0.15) is 28.6 Å². The minimum atomic E-state index is -1.06. The number of aromatic hydroxyl groups is 2. The Morgan fingerprint density at radius 1 is 0.889 bits per heavy atom. The molecule has 0 radical (unpaired) electrons. The first kappa shape index (κ1) is 18.7. The number of fused-ring (bicyclic) bond motifs is 1. The fourth-order valence-corrected chi connectivity index (χ4v) is 3.08. The molecule has 0 aromatic heterocycles. The molecule has 144 valence electrons. The number of carbonyl (C=O) groups excluding carboxylic acids is 1. The highest BCUT2D eigenvalue weighted by Gasteiger charge is 2.42. The van der Waals surface area contributed by atoms with E-state index in [-0.39, 0.29) is 45.7 Å². The van der Waals surface area contributed by atoms with Crippen LogP contribution in [-0.2, 0) is 4.74 Å².